The second-order valence-corrected chi connectivity index (χ2v) is 6.12. The Morgan fingerprint density at radius 3 is 3.04 bits per heavy atom. The lowest BCUT2D eigenvalue weighted by atomic mass is 10.2. The van der Waals surface area contributed by atoms with Crippen molar-refractivity contribution in [2.24, 2.45) is 0 Å². The van der Waals surface area contributed by atoms with Gasteiger partial charge in [-0.25, -0.2) is 4.98 Å². The van der Waals surface area contributed by atoms with E-state index in [2.05, 4.69) is 25.6 Å². The van der Waals surface area contributed by atoms with Gasteiger partial charge in [-0.15, -0.1) is 26.6 Å². The molecule has 0 aromatic carbocycles. The topological polar surface area (TPSA) is 94.3 Å². The van der Waals surface area contributed by atoms with E-state index in [0.717, 1.165) is 17.3 Å². The molecule has 9 heteroatoms. The van der Waals surface area contributed by atoms with Crippen LogP contribution in [0, 0.1) is 0 Å². The van der Waals surface area contributed by atoms with E-state index in [0.29, 0.717) is 37.3 Å². The highest BCUT2D eigenvalue weighted by Gasteiger charge is 2.09. The van der Waals surface area contributed by atoms with E-state index < -0.39 is 0 Å². The lowest BCUT2D eigenvalue weighted by Crippen LogP contribution is -2.25. The first kappa shape index (κ1) is 16.3. The minimum Gasteiger partial charge on any atom is -0.480 e. The monoisotopic (exact) mass is 346 g/mol. The van der Waals surface area contributed by atoms with Crippen LogP contribution in [0.4, 0.5) is 0 Å². The maximum atomic E-state index is 11.9. The molecule has 0 spiro atoms. The van der Waals surface area contributed by atoms with Crippen LogP contribution in [0.25, 0.3) is 5.65 Å². The molecule has 1 N–H and O–H groups in total. The van der Waals surface area contributed by atoms with Gasteiger partial charge in [-0.3, -0.25) is 4.79 Å². The molecule has 1 amide bonds. The number of rotatable bonds is 8. The van der Waals surface area contributed by atoms with Crippen molar-refractivity contribution in [3.8, 4) is 5.88 Å². The number of hydrogen-bond acceptors (Lipinski definition) is 7. The Balaban J connectivity index is 1.45. The van der Waals surface area contributed by atoms with Gasteiger partial charge in [0.2, 0.25) is 11.8 Å². The van der Waals surface area contributed by atoms with Crippen molar-refractivity contribution in [3.63, 3.8) is 0 Å². The largest absolute Gasteiger partial charge is 0.480 e. The molecular weight excluding hydrogens is 328 g/mol. The highest BCUT2D eigenvalue weighted by molar-refractivity contribution is 7.09. The zero-order chi connectivity index (χ0) is 16.8. The molecular formula is C15H18N6O2S. The van der Waals surface area contributed by atoms with Crippen LogP contribution in [0.2, 0.25) is 0 Å². The number of carbonyl (C=O) groups excluding carboxylic acids is 1. The summed E-state index contributed by atoms with van der Waals surface area (Å²) in [5, 5.41) is 18.3. The first-order valence-corrected chi connectivity index (χ1v) is 8.54. The maximum absolute atomic E-state index is 11.9. The normalized spacial score (nSPS) is 10.9. The van der Waals surface area contributed by atoms with Crippen molar-refractivity contribution in [1.82, 2.24) is 30.1 Å². The first-order chi connectivity index (χ1) is 11.8. The standard InChI is InChI=1S/C15H18N6O2S/c1-23-14-6-5-12-19-18-11(21(12)20-14)3-2-4-13(22)16-8-7-15-17-9-10-24-15/h5-6,9-10H,2-4,7-8H2,1H3,(H,16,22). The second kappa shape index (κ2) is 7.82. The van der Waals surface area contributed by atoms with Gasteiger partial charge in [0.15, 0.2) is 11.5 Å². The van der Waals surface area contributed by atoms with Crippen LogP contribution < -0.4 is 10.1 Å². The van der Waals surface area contributed by atoms with Crippen molar-refractivity contribution >= 4 is 22.9 Å². The van der Waals surface area contributed by atoms with E-state index >= 15 is 0 Å². The number of nitrogens with zero attached hydrogens (tertiary/aromatic N) is 5. The summed E-state index contributed by atoms with van der Waals surface area (Å²) in [7, 11) is 1.56. The van der Waals surface area contributed by atoms with Crippen LogP contribution in [-0.2, 0) is 17.6 Å². The fourth-order valence-electron chi connectivity index (χ4n) is 2.26. The predicted molar refractivity (Wildman–Crippen MR) is 89.1 cm³/mol. The Labute approximate surface area is 142 Å². The van der Waals surface area contributed by atoms with Crippen LogP contribution in [0.5, 0.6) is 5.88 Å². The molecule has 0 radical (unpaired) electrons. The molecule has 126 valence electrons. The summed E-state index contributed by atoms with van der Waals surface area (Å²) < 4.78 is 6.76. The van der Waals surface area contributed by atoms with Crippen LogP contribution in [0.15, 0.2) is 23.7 Å². The summed E-state index contributed by atoms with van der Waals surface area (Å²) in [4.78, 5) is 16.0. The van der Waals surface area contributed by atoms with Gasteiger partial charge in [-0.1, -0.05) is 0 Å². The summed E-state index contributed by atoms with van der Waals surface area (Å²) in [5.74, 6) is 1.26. The van der Waals surface area contributed by atoms with E-state index in [9.17, 15) is 4.79 Å². The Kier molecular flexibility index (Phi) is 5.32. The average Bonchev–Trinajstić information content (AvgIpc) is 3.24. The molecule has 0 aliphatic rings. The molecule has 0 atom stereocenters. The van der Waals surface area contributed by atoms with Gasteiger partial charge in [0.25, 0.3) is 0 Å². The summed E-state index contributed by atoms with van der Waals surface area (Å²) in [6.07, 6.45) is 4.29. The quantitative estimate of drug-likeness (QED) is 0.660. The smallest absolute Gasteiger partial charge is 0.231 e. The third-order valence-electron chi connectivity index (χ3n) is 3.46. The molecule has 0 bridgehead atoms. The third kappa shape index (κ3) is 4.05. The predicted octanol–water partition coefficient (Wildman–Crippen LogP) is 1.27. The van der Waals surface area contributed by atoms with Crippen LogP contribution >= 0.6 is 11.3 Å². The SMILES string of the molecule is COc1ccc2nnc(CCCC(=O)NCCc3nccs3)n2n1. The molecule has 3 aromatic rings. The summed E-state index contributed by atoms with van der Waals surface area (Å²) in [5.41, 5.74) is 0.665. The minimum atomic E-state index is 0.0333. The molecule has 24 heavy (non-hydrogen) atoms. The number of aryl methyl sites for hydroxylation is 1. The lowest BCUT2D eigenvalue weighted by molar-refractivity contribution is -0.121. The fraction of sp³-hybridized carbons (Fsp3) is 0.400. The molecule has 0 aliphatic heterocycles. The Morgan fingerprint density at radius 1 is 1.33 bits per heavy atom. The van der Waals surface area contributed by atoms with Gasteiger partial charge in [-0.2, -0.15) is 4.52 Å². The van der Waals surface area contributed by atoms with Crippen LogP contribution in [-0.4, -0.2) is 44.4 Å². The number of thiazole rings is 1. The summed E-state index contributed by atoms with van der Waals surface area (Å²) >= 11 is 1.60. The molecule has 8 nitrogen and oxygen atoms in total. The zero-order valence-corrected chi connectivity index (χ0v) is 14.1. The summed E-state index contributed by atoms with van der Waals surface area (Å²) in [6.45, 7) is 0.610. The van der Waals surface area contributed by atoms with E-state index in [-0.39, 0.29) is 5.91 Å². The number of methoxy groups -OCH3 is 1. The van der Waals surface area contributed by atoms with Crippen molar-refractivity contribution in [3.05, 3.63) is 34.5 Å². The van der Waals surface area contributed by atoms with Crippen LogP contribution in [0.3, 0.4) is 0 Å². The van der Waals surface area contributed by atoms with E-state index in [4.69, 9.17) is 4.74 Å². The average molecular weight is 346 g/mol. The van der Waals surface area contributed by atoms with Crippen molar-refractivity contribution in [1.29, 1.82) is 0 Å². The second-order valence-electron chi connectivity index (χ2n) is 5.14. The molecule has 0 fully saturated rings. The van der Waals surface area contributed by atoms with Crippen molar-refractivity contribution in [2.75, 3.05) is 13.7 Å². The number of nitrogens with one attached hydrogen (secondary N) is 1. The molecule has 3 rings (SSSR count). The summed E-state index contributed by atoms with van der Waals surface area (Å²) in [6, 6.07) is 3.54. The van der Waals surface area contributed by atoms with E-state index in [1.165, 1.54) is 0 Å². The van der Waals surface area contributed by atoms with E-state index in [1.54, 1.807) is 41.3 Å². The number of aromatic nitrogens is 5. The van der Waals surface area contributed by atoms with Crippen molar-refractivity contribution in [2.45, 2.75) is 25.7 Å². The molecule has 3 aromatic heterocycles. The maximum Gasteiger partial charge on any atom is 0.231 e. The zero-order valence-electron chi connectivity index (χ0n) is 13.3. The lowest BCUT2D eigenvalue weighted by Gasteiger charge is -2.04. The molecule has 0 aliphatic carbocycles. The van der Waals surface area contributed by atoms with Gasteiger partial charge in [0, 0.05) is 43.5 Å². The van der Waals surface area contributed by atoms with Gasteiger partial charge in [0.05, 0.1) is 12.1 Å². The van der Waals surface area contributed by atoms with Gasteiger partial charge in [0.1, 0.15) is 0 Å². The Morgan fingerprint density at radius 2 is 2.25 bits per heavy atom. The highest BCUT2D eigenvalue weighted by atomic mass is 32.1. The molecule has 0 unspecified atom stereocenters. The highest BCUT2D eigenvalue weighted by Crippen LogP contribution is 2.10. The number of carbonyl (C=O) groups is 1. The first-order valence-electron chi connectivity index (χ1n) is 7.66. The number of ether oxygens (including phenoxy) is 1. The van der Waals surface area contributed by atoms with Crippen LogP contribution in [0.1, 0.15) is 23.7 Å². The minimum absolute atomic E-state index is 0.0333. The van der Waals surface area contributed by atoms with Gasteiger partial charge < -0.3 is 10.1 Å². The third-order valence-corrected chi connectivity index (χ3v) is 4.30. The van der Waals surface area contributed by atoms with Gasteiger partial charge >= 0.3 is 0 Å². The van der Waals surface area contributed by atoms with Crippen molar-refractivity contribution < 1.29 is 9.53 Å². The molecule has 0 saturated heterocycles. The number of fused-ring (bicyclic) bond motifs is 1. The Hall–Kier alpha value is -2.55. The van der Waals surface area contributed by atoms with E-state index in [1.807, 2.05) is 5.38 Å². The van der Waals surface area contributed by atoms with Gasteiger partial charge in [-0.05, 0) is 12.5 Å². The number of hydrogen-bond donors (Lipinski definition) is 1. The molecule has 3 heterocycles. The molecule has 0 saturated carbocycles. The Bertz CT molecular complexity index is 802. The number of amides is 1. The fourth-order valence-corrected chi connectivity index (χ4v) is 2.88.